The molecule has 0 heterocycles. The number of esters is 5. The monoisotopic (exact) mass is 835 g/mol. The molecule has 0 aliphatic heterocycles. The minimum absolute atomic E-state index is 0.00432. The Hall–Kier alpha value is -7.22. The second-order valence-corrected chi connectivity index (χ2v) is 14.3. The van der Waals surface area contributed by atoms with Gasteiger partial charge >= 0.3 is 29.8 Å². The summed E-state index contributed by atoms with van der Waals surface area (Å²) in [6.45, 7) is 7.68. The van der Waals surface area contributed by atoms with Crippen LogP contribution in [0.15, 0.2) is 103 Å². The molecule has 5 aromatic carbocycles. The van der Waals surface area contributed by atoms with Gasteiger partial charge in [0.1, 0.15) is 11.5 Å². The zero-order chi connectivity index (χ0) is 44.3. The van der Waals surface area contributed by atoms with Gasteiger partial charge in [0.05, 0.1) is 36.0 Å². The lowest BCUT2D eigenvalue weighted by molar-refractivity contribution is -0.145. The molecule has 0 amide bonds. The van der Waals surface area contributed by atoms with Crippen molar-refractivity contribution in [3.8, 4) is 28.7 Å². The van der Waals surface area contributed by atoms with Crippen LogP contribution in [0.2, 0.25) is 0 Å². The van der Waals surface area contributed by atoms with E-state index in [1.807, 2.05) is 0 Å². The van der Waals surface area contributed by atoms with Gasteiger partial charge in [-0.1, -0.05) is 43.7 Å². The predicted octanol–water partition coefficient (Wildman–Crippen LogP) is 9.52. The van der Waals surface area contributed by atoms with Crippen molar-refractivity contribution < 1.29 is 61.2 Å². The lowest BCUT2D eigenvalue weighted by Gasteiger charge is -2.14. The summed E-state index contributed by atoms with van der Waals surface area (Å²) < 4.78 is 61.2. The maximum Gasteiger partial charge on any atom is 0.348 e. The van der Waals surface area contributed by atoms with Crippen LogP contribution in [0.1, 0.15) is 88.7 Å². The summed E-state index contributed by atoms with van der Waals surface area (Å²) in [5.74, 6) is -5.78. The molecular formula is C47H43F2NO11. The first-order chi connectivity index (χ1) is 29.1. The molecular weight excluding hydrogens is 793 g/mol. The number of nitrogens with one attached hydrogen (secondary N) is 1. The molecule has 0 spiro atoms. The van der Waals surface area contributed by atoms with Crippen LogP contribution in [-0.2, 0) is 20.7 Å². The fraction of sp³-hybridized carbons (Fsp3) is 0.234. The first kappa shape index (κ1) is 44.9. The molecule has 0 saturated heterocycles. The highest BCUT2D eigenvalue weighted by molar-refractivity contribution is 5.98. The van der Waals surface area contributed by atoms with Gasteiger partial charge in [0.2, 0.25) is 5.67 Å². The largest absolute Gasteiger partial charge is 0.493 e. The molecule has 61 heavy (non-hydrogen) atoms. The highest BCUT2D eigenvalue weighted by Crippen LogP contribution is 2.33. The molecule has 5 aromatic rings. The van der Waals surface area contributed by atoms with E-state index in [2.05, 4.69) is 6.58 Å². The summed E-state index contributed by atoms with van der Waals surface area (Å²) >= 11 is 0. The van der Waals surface area contributed by atoms with E-state index in [1.165, 1.54) is 49.6 Å². The third-order valence-electron chi connectivity index (χ3n) is 9.13. The van der Waals surface area contributed by atoms with E-state index in [0.29, 0.717) is 29.2 Å². The Kier molecular flexibility index (Phi) is 14.8. The van der Waals surface area contributed by atoms with E-state index >= 15 is 4.39 Å². The van der Waals surface area contributed by atoms with E-state index in [0.717, 1.165) is 57.6 Å². The van der Waals surface area contributed by atoms with Crippen LogP contribution in [-0.4, -0.2) is 55.4 Å². The summed E-state index contributed by atoms with van der Waals surface area (Å²) in [5.41, 5.74) is -0.985. The molecule has 0 saturated carbocycles. The normalized spacial score (nSPS) is 11.0. The van der Waals surface area contributed by atoms with Gasteiger partial charge in [-0.3, -0.25) is 0 Å². The number of methoxy groups -OCH3 is 1. The van der Waals surface area contributed by atoms with Crippen molar-refractivity contribution in [2.75, 3.05) is 13.7 Å². The Morgan fingerprint density at radius 1 is 0.672 bits per heavy atom. The zero-order valence-corrected chi connectivity index (χ0v) is 33.9. The summed E-state index contributed by atoms with van der Waals surface area (Å²) in [6, 6.07) is 22.1. The van der Waals surface area contributed by atoms with Crippen molar-refractivity contribution in [2.24, 2.45) is 0 Å². The van der Waals surface area contributed by atoms with Crippen LogP contribution in [0.3, 0.4) is 0 Å². The van der Waals surface area contributed by atoms with Gasteiger partial charge in [0.25, 0.3) is 0 Å². The third kappa shape index (κ3) is 11.9. The van der Waals surface area contributed by atoms with Gasteiger partial charge in [-0.2, -0.15) is 0 Å². The Morgan fingerprint density at radius 3 is 1.90 bits per heavy atom. The van der Waals surface area contributed by atoms with Crippen molar-refractivity contribution in [2.45, 2.75) is 58.5 Å². The molecule has 0 aromatic heterocycles. The molecule has 0 unspecified atom stereocenters. The minimum atomic E-state index is -2.18. The first-order valence-corrected chi connectivity index (χ1v) is 19.1. The highest BCUT2D eigenvalue weighted by atomic mass is 19.1. The maximum atomic E-state index is 15.5. The number of carbonyl (C=O) groups excluding carboxylic acids is 5. The fourth-order valence-corrected chi connectivity index (χ4v) is 5.74. The number of rotatable bonds is 18. The van der Waals surface area contributed by atoms with Crippen molar-refractivity contribution >= 4 is 46.8 Å². The fourth-order valence-electron chi connectivity index (χ4n) is 5.74. The molecule has 0 fully saturated rings. The molecule has 1 N–H and O–H groups in total. The predicted molar refractivity (Wildman–Crippen MR) is 221 cm³/mol. The van der Waals surface area contributed by atoms with Gasteiger partial charge in [0, 0.05) is 11.8 Å². The lowest BCUT2D eigenvalue weighted by atomic mass is 10.0. The minimum Gasteiger partial charge on any atom is -0.493 e. The molecule has 0 bridgehead atoms. The quantitative estimate of drug-likeness (QED) is 0.0294. The molecule has 0 aliphatic rings. The van der Waals surface area contributed by atoms with Gasteiger partial charge in [-0.15, -0.1) is 0 Å². The standard InChI is InChI=1S/C47H43F2NO11/c1-28(2)42(51)57-23-9-7-6-8-10-29-11-13-30(14-12-29)43(52)61-39-22-21-37(36(27-50)41(39)48)59-45(54)34-18-20-38(40(26-34)56-5)60-44(53)33-16-15-32-25-35(19-17-31(32)24-33)58-46(55)47(3,4)49/h11-22,24-27,50H,1,6-10,23H2,2-5H3. The van der Waals surface area contributed by atoms with E-state index in [4.69, 9.17) is 33.8 Å². The van der Waals surface area contributed by atoms with Crippen molar-refractivity contribution in [1.29, 1.82) is 5.41 Å². The summed E-state index contributed by atoms with van der Waals surface area (Å²) in [5, 5.41) is 9.00. The summed E-state index contributed by atoms with van der Waals surface area (Å²) in [7, 11) is 1.29. The van der Waals surface area contributed by atoms with Crippen molar-refractivity contribution in [3.63, 3.8) is 0 Å². The van der Waals surface area contributed by atoms with Gasteiger partial charge in [-0.05, 0) is 123 Å². The second kappa shape index (κ2) is 20.2. The Balaban J connectivity index is 1.16. The number of halogens is 2. The Bertz CT molecular complexity index is 2490. The van der Waals surface area contributed by atoms with Crippen molar-refractivity contribution in [1.82, 2.24) is 0 Å². The van der Waals surface area contributed by atoms with Crippen molar-refractivity contribution in [3.05, 3.63) is 137 Å². The van der Waals surface area contributed by atoms with E-state index in [1.54, 1.807) is 49.4 Å². The van der Waals surface area contributed by atoms with E-state index in [-0.39, 0.29) is 39.7 Å². The number of benzene rings is 5. The lowest BCUT2D eigenvalue weighted by Crippen LogP contribution is -2.30. The van der Waals surface area contributed by atoms with Crippen LogP contribution in [0.5, 0.6) is 28.7 Å². The molecule has 14 heteroatoms. The molecule has 0 aliphatic carbocycles. The number of unbranched alkanes of at least 4 members (excludes halogenated alkanes) is 3. The number of carbonyl (C=O) groups is 5. The van der Waals surface area contributed by atoms with Crippen LogP contribution in [0, 0.1) is 11.2 Å². The summed E-state index contributed by atoms with van der Waals surface area (Å²) in [4.78, 5) is 62.5. The van der Waals surface area contributed by atoms with Crippen LogP contribution < -0.4 is 23.7 Å². The molecule has 12 nitrogen and oxygen atoms in total. The molecule has 0 atom stereocenters. The third-order valence-corrected chi connectivity index (χ3v) is 9.13. The molecule has 316 valence electrons. The van der Waals surface area contributed by atoms with Crippen LogP contribution in [0.4, 0.5) is 8.78 Å². The summed E-state index contributed by atoms with van der Waals surface area (Å²) in [6.07, 6.45) is 4.85. The SMILES string of the molecule is C=C(C)C(=O)OCCCCCCc1ccc(C(=O)Oc2ccc(OC(=O)c3ccc(OC(=O)c4ccc5cc(OC(=O)C(C)(C)F)ccc5c4)c(OC)c3)c(C=N)c2F)cc1. The average molecular weight is 836 g/mol. The van der Waals surface area contributed by atoms with E-state index in [9.17, 15) is 28.4 Å². The molecule has 5 rings (SSSR count). The highest BCUT2D eigenvalue weighted by Gasteiger charge is 2.29. The van der Waals surface area contributed by atoms with Gasteiger partial charge in [-0.25, -0.2) is 32.8 Å². The Morgan fingerprint density at radius 2 is 1.23 bits per heavy atom. The smallest absolute Gasteiger partial charge is 0.348 e. The Labute approximate surface area is 350 Å². The van der Waals surface area contributed by atoms with Gasteiger partial charge in [0.15, 0.2) is 23.1 Å². The number of fused-ring (bicyclic) bond motifs is 1. The average Bonchev–Trinajstić information content (AvgIpc) is 3.23. The number of alkyl halides is 1. The van der Waals surface area contributed by atoms with Gasteiger partial charge < -0.3 is 33.8 Å². The number of hydrogen-bond acceptors (Lipinski definition) is 12. The maximum absolute atomic E-state index is 15.5. The van der Waals surface area contributed by atoms with Crippen LogP contribution in [0.25, 0.3) is 10.8 Å². The topological polar surface area (TPSA) is 165 Å². The molecule has 0 radical (unpaired) electrons. The van der Waals surface area contributed by atoms with Crippen LogP contribution >= 0.6 is 0 Å². The second-order valence-electron chi connectivity index (χ2n) is 14.3. The number of hydrogen-bond donors (Lipinski definition) is 1. The number of aryl methyl sites for hydroxylation is 1. The van der Waals surface area contributed by atoms with E-state index < -0.39 is 52.6 Å². The number of ether oxygens (including phenoxy) is 6. The zero-order valence-electron chi connectivity index (χ0n) is 33.9. The first-order valence-electron chi connectivity index (χ1n) is 19.1.